The minimum absolute atomic E-state index is 0.0134. The molecule has 5 heteroatoms. The summed E-state index contributed by atoms with van der Waals surface area (Å²) in [6.45, 7) is 0.683. The zero-order chi connectivity index (χ0) is 18.4. The van der Waals surface area contributed by atoms with Crippen molar-refractivity contribution in [3.63, 3.8) is 0 Å². The van der Waals surface area contributed by atoms with Crippen LogP contribution in [0.4, 0.5) is 0 Å². The summed E-state index contributed by atoms with van der Waals surface area (Å²) in [5.74, 6) is -0.294. The molecule has 0 aliphatic carbocycles. The zero-order valence-corrected chi connectivity index (χ0v) is 14.4. The molecule has 0 radical (unpaired) electrons. The van der Waals surface area contributed by atoms with Gasteiger partial charge in [0.1, 0.15) is 12.9 Å². The fraction of sp³-hybridized carbons (Fsp3) is 0.143. The van der Waals surface area contributed by atoms with Crippen LogP contribution in [0.1, 0.15) is 21.7 Å². The second-order valence-electron chi connectivity index (χ2n) is 5.89. The maximum Gasteiger partial charge on any atom is 0.289 e. The summed E-state index contributed by atoms with van der Waals surface area (Å²) in [5, 5.41) is 0. The Morgan fingerprint density at radius 2 is 1.62 bits per heavy atom. The number of rotatable bonds is 6. The lowest BCUT2D eigenvalue weighted by Gasteiger charge is -2.16. The molecule has 0 aliphatic heterocycles. The summed E-state index contributed by atoms with van der Waals surface area (Å²) >= 11 is 0. The van der Waals surface area contributed by atoms with E-state index in [2.05, 4.69) is 0 Å². The number of carbonyl (C=O) groups is 1. The molecule has 2 aromatic carbocycles. The smallest absolute Gasteiger partial charge is 0.289 e. The molecule has 1 amide bonds. The normalized spacial score (nSPS) is 10.3. The Hall–Kier alpha value is -3.34. The Bertz CT molecular complexity index is 920. The molecule has 0 fully saturated rings. The number of hydrogen-bond donors (Lipinski definition) is 0. The first-order chi connectivity index (χ1) is 12.6. The van der Waals surface area contributed by atoms with Crippen LogP contribution in [0.5, 0.6) is 5.75 Å². The fourth-order valence-corrected chi connectivity index (χ4v) is 2.47. The second kappa shape index (κ2) is 8.16. The molecule has 0 saturated carbocycles. The van der Waals surface area contributed by atoms with Crippen molar-refractivity contribution in [3.05, 3.63) is 100 Å². The van der Waals surface area contributed by atoms with Crippen molar-refractivity contribution in [2.45, 2.75) is 13.2 Å². The van der Waals surface area contributed by atoms with Gasteiger partial charge in [-0.15, -0.1) is 0 Å². The van der Waals surface area contributed by atoms with Gasteiger partial charge in [0.15, 0.2) is 5.76 Å². The van der Waals surface area contributed by atoms with Gasteiger partial charge in [0, 0.05) is 19.7 Å². The lowest BCUT2D eigenvalue weighted by Crippen LogP contribution is -2.27. The highest BCUT2D eigenvalue weighted by Crippen LogP contribution is 2.12. The Morgan fingerprint density at radius 3 is 2.23 bits per heavy atom. The van der Waals surface area contributed by atoms with E-state index in [9.17, 15) is 9.59 Å². The molecule has 132 valence electrons. The number of benzene rings is 2. The van der Waals surface area contributed by atoms with Crippen LogP contribution in [0.15, 0.2) is 82.2 Å². The molecular formula is C21H19NO4. The van der Waals surface area contributed by atoms with E-state index >= 15 is 0 Å². The number of carbonyl (C=O) groups excluding carboxylic acids is 1. The van der Waals surface area contributed by atoms with Crippen LogP contribution in [0.3, 0.4) is 0 Å². The van der Waals surface area contributed by atoms with Crippen LogP contribution in [-0.2, 0) is 13.2 Å². The SMILES string of the molecule is CN(Cc1ccccc1)C(=O)c1cc(=O)c(OCc2ccccc2)co1. The number of hydrogen-bond acceptors (Lipinski definition) is 4. The molecule has 0 spiro atoms. The highest BCUT2D eigenvalue weighted by molar-refractivity contribution is 5.91. The van der Waals surface area contributed by atoms with Gasteiger partial charge in [0.2, 0.25) is 11.2 Å². The molecule has 1 aromatic heterocycles. The molecule has 26 heavy (non-hydrogen) atoms. The molecule has 0 atom stereocenters. The lowest BCUT2D eigenvalue weighted by molar-refractivity contribution is 0.0749. The van der Waals surface area contributed by atoms with E-state index in [0.29, 0.717) is 6.54 Å². The quantitative estimate of drug-likeness (QED) is 0.683. The van der Waals surface area contributed by atoms with Crippen LogP contribution in [-0.4, -0.2) is 17.9 Å². The number of amides is 1. The Balaban J connectivity index is 1.66. The van der Waals surface area contributed by atoms with Crippen LogP contribution >= 0.6 is 0 Å². The second-order valence-corrected chi connectivity index (χ2v) is 5.89. The molecule has 0 N–H and O–H groups in total. The maximum atomic E-state index is 12.4. The standard InChI is InChI=1S/C21H19NO4/c1-22(13-16-8-4-2-5-9-16)21(24)19-12-18(23)20(15-26-19)25-14-17-10-6-3-7-11-17/h2-12,15H,13-14H2,1H3. The Morgan fingerprint density at radius 1 is 1.00 bits per heavy atom. The summed E-state index contributed by atoms with van der Waals surface area (Å²) < 4.78 is 10.8. The average molecular weight is 349 g/mol. The fourth-order valence-electron chi connectivity index (χ4n) is 2.47. The van der Waals surface area contributed by atoms with Gasteiger partial charge in [0.25, 0.3) is 5.91 Å². The predicted molar refractivity (Wildman–Crippen MR) is 98.0 cm³/mol. The van der Waals surface area contributed by atoms with Crippen molar-refractivity contribution >= 4 is 5.91 Å². The van der Waals surface area contributed by atoms with E-state index in [1.54, 1.807) is 7.05 Å². The van der Waals surface area contributed by atoms with Crippen LogP contribution < -0.4 is 10.2 Å². The van der Waals surface area contributed by atoms with Crippen molar-refractivity contribution in [1.82, 2.24) is 4.90 Å². The predicted octanol–water partition coefficient (Wildman–Crippen LogP) is 3.49. The highest BCUT2D eigenvalue weighted by atomic mass is 16.5. The van der Waals surface area contributed by atoms with E-state index in [4.69, 9.17) is 9.15 Å². The van der Waals surface area contributed by atoms with Gasteiger partial charge in [-0.1, -0.05) is 60.7 Å². The minimum Gasteiger partial charge on any atom is -0.482 e. The van der Waals surface area contributed by atoms with Gasteiger partial charge in [-0.05, 0) is 11.1 Å². The van der Waals surface area contributed by atoms with Gasteiger partial charge >= 0.3 is 0 Å². The van der Waals surface area contributed by atoms with Crippen molar-refractivity contribution in [3.8, 4) is 5.75 Å². The van der Waals surface area contributed by atoms with Gasteiger partial charge in [0.05, 0.1) is 0 Å². The third kappa shape index (κ3) is 4.39. The molecule has 3 rings (SSSR count). The number of nitrogens with zero attached hydrogens (tertiary/aromatic N) is 1. The van der Waals surface area contributed by atoms with Crippen LogP contribution in [0, 0.1) is 0 Å². The summed E-state index contributed by atoms with van der Waals surface area (Å²) in [7, 11) is 1.66. The first-order valence-corrected chi connectivity index (χ1v) is 8.22. The van der Waals surface area contributed by atoms with Crippen LogP contribution in [0.25, 0.3) is 0 Å². The minimum atomic E-state index is -0.386. The molecule has 1 heterocycles. The largest absolute Gasteiger partial charge is 0.482 e. The molecule has 0 saturated heterocycles. The van der Waals surface area contributed by atoms with E-state index < -0.39 is 0 Å². The average Bonchev–Trinajstić information content (AvgIpc) is 2.68. The highest BCUT2D eigenvalue weighted by Gasteiger charge is 2.16. The molecule has 0 aliphatic rings. The maximum absolute atomic E-state index is 12.4. The van der Waals surface area contributed by atoms with Crippen molar-refractivity contribution in [2.75, 3.05) is 7.05 Å². The lowest BCUT2D eigenvalue weighted by atomic mass is 10.2. The summed E-state index contributed by atoms with van der Waals surface area (Å²) in [4.78, 5) is 26.1. The van der Waals surface area contributed by atoms with Crippen molar-refractivity contribution in [1.29, 1.82) is 0 Å². The van der Waals surface area contributed by atoms with E-state index in [1.807, 2.05) is 60.7 Å². The summed E-state index contributed by atoms with van der Waals surface area (Å²) in [5.41, 5.74) is 1.55. The molecule has 0 bridgehead atoms. The van der Waals surface area contributed by atoms with Gasteiger partial charge in [-0.25, -0.2) is 0 Å². The van der Waals surface area contributed by atoms with E-state index in [1.165, 1.54) is 17.2 Å². The Labute approximate surface area is 151 Å². The van der Waals surface area contributed by atoms with Gasteiger partial charge in [-0.2, -0.15) is 0 Å². The third-order valence-electron chi connectivity index (χ3n) is 3.86. The van der Waals surface area contributed by atoms with Gasteiger partial charge in [-0.3, -0.25) is 9.59 Å². The van der Waals surface area contributed by atoms with E-state index in [0.717, 1.165) is 11.1 Å². The van der Waals surface area contributed by atoms with Crippen LogP contribution in [0.2, 0.25) is 0 Å². The number of ether oxygens (including phenoxy) is 1. The molecule has 0 unspecified atom stereocenters. The summed E-state index contributed by atoms with van der Waals surface area (Å²) in [6, 6.07) is 20.3. The molecule has 3 aromatic rings. The zero-order valence-electron chi connectivity index (χ0n) is 14.4. The Kier molecular flexibility index (Phi) is 5.49. The first-order valence-electron chi connectivity index (χ1n) is 8.22. The first kappa shape index (κ1) is 17.5. The van der Waals surface area contributed by atoms with E-state index in [-0.39, 0.29) is 29.5 Å². The molecular weight excluding hydrogens is 330 g/mol. The van der Waals surface area contributed by atoms with Crippen molar-refractivity contribution < 1.29 is 13.9 Å². The molecule has 5 nitrogen and oxygen atoms in total. The van der Waals surface area contributed by atoms with Gasteiger partial charge < -0.3 is 14.1 Å². The monoisotopic (exact) mass is 349 g/mol. The topological polar surface area (TPSA) is 59.8 Å². The summed E-state index contributed by atoms with van der Waals surface area (Å²) in [6.07, 6.45) is 1.19. The van der Waals surface area contributed by atoms with Crippen molar-refractivity contribution in [2.24, 2.45) is 0 Å². The third-order valence-corrected chi connectivity index (χ3v) is 3.86.